The molecule has 2 amide bonds. The van der Waals surface area contributed by atoms with E-state index in [2.05, 4.69) is 5.32 Å². The quantitative estimate of drug-likeness (QED) is 0.925. The van der Waals surface area contributed by atoms with E-state index in [1.807, 2.05) is 6.92 Å². The number of hydrogen-bond donors (Lipinski definition) is 1. The second kappa shape index (κ2) is 7.20. The summed E-state index contributed by atoms with van der Waals surface area (Å²) in [7, 11) is 0. The zero-order valence-electron chi connectivity index (χ0n) is 12.3. The number of piperidine rings is 1. The highest BCUT2D eigenvalue weighted by atomic mass is 19.1. The highest BCUT2D eigenvalue weighted by molar-refractivity contribution is 5.94. The molecule has 1 aliphatic rings. The summed E-state index contributed by atoms with van der Waals surface area (Å²) in [5.74, 6) is -0.269. The van der Waals surface area contributed by atoms with Crippen LogP contribution in [0.2, 0.25) is 0 Å². The highest BCUT2D eigenvalue weighted by Gasteiger charge is 2.25. The summed E-state index contributed by atoms with van der Waals surface area (Å²) >= 11 is 0. The number of nitrogens with one attached hydrogen (secondary N) is 1. The van der Waals surface area contributed by atoms with Gasteiger partial charge in [-0.25, -0.2) is 4.39 Å². The molecule has 0 spiro atoms. The molecular formula is C16H21FN2O2. The molecule has 1 saturated heterocycles. The van der Waals surface area contributed by atoms with E-state index in [-0.39, 0.29) is 17.4 Å². The average Bonchev–Trinajstić information content (AvgIpc) is 2.53. The molecule has 1 aliphatic heterocycles. The maximum Gasteiger partial charge on any atom is 0.256 e. The lowest BCUT2D eigenvalue weighted by Crippen LogP contribution is -2.41. The summed E-state index contributed by atoms with van der Waals surface area (Å²) in [5, 5.41) is 2.88. The van der Waals surface area contributed by atoms with Crippen molar-refractivity contribution in [3.8, 4) is 0 Å². The standard InChI is InChI=1S/C16H21FN2O2/c1-2-15(20)18-11-12-7-9-19(10-8-12)16(21)13-5-3-4-6-14(13)17/h3-6,12H,2,7-11H2,1H3,(H,18,20). The number of hydrogen-bond acceptors (Lipinski definition) is 2. The van der Waals surface area contributed by atoms with Gasteiger partial charge in [0.2, 0.25) is 5.91 Å². The first-order valence-electron chi connectivity index (χ1n) is 7.42. The minimum absolute atomic E-state index is 0.0554. The van der Waals surface area contributed by atoms with Gasteiger partial charge in [-0.3, -0.25) is 9.59 Å². The van der Waals surface area contributed by atoms with Gasteiger partial charge in [-0.15, -0.1) is 0 Å². The third-order valence-electron chi connectivity index (χ3n) is 3.92. The molecular weight excluding hydrogens is 271 g/mol. The van der Waals surface area contributed by atoms with E-state index in [4.69, 9.17) is 0 Å². The molecule has 0 bridgehead atoms. The molecule has 0 atom stereocenters. The van der Waals surface area contributed by atoms with Crippen LogP contribution >= 0.6 is 0 Å². The van der Waals surface area contributed by atoms with E-state index >= 15 is 0 Å². The summed E-state index contributed by atoms with van der Waals surface area (Å²) in [5.41, 5.74) is 0.134. The van der Waals surface area contributed by atoms with E-state index in [0.717, 1.165) is 12.8 Å². The molecule has 1 fully saturated rings. The van der Waals surface area contributed by atoms with Crippen LogP contribution in [0, 0.1) is 11.7 Å². The summed E-state index contributed by atoms with van der Waals surface area (Å²) in [6.07, 6.45) is 2.17. The summed E-state index contributed by atoms with van der Waals surface area (Å²) in [6.45, 7) is 3.71. The number of amides is 2. The Labute approximate surface area is 124 Å². The Morgan fingerprint density at radius 1 is 1.29 bits per heavy atom. The first-order chi connectivity index (χ1) is 10.1. The van der Waals surface area contributed by atoms with Crippen LogP contribution in [0.3, 0.4) is 0 Å². The Morgan fingerprint density at radius 2 is 1.95 bits per heavy atom. The van der Waals surface area contributed by atoms with Crippen molar-refractivity contribution in [2.45, 2.75) is 26.2 Å². The topological polar surface area (TPSA) is 49.4 Å². The lowest BCUT2D eigenvalue weighted by atomic mass is 9.96. The van der Waals surface area contributed by atoms with Crippen LogP contribution in [0.25, 0.3) is 0 Å². The second-order valence-electron chi connectivity index (χ2n) is 5.37. The lowest BCUT2D eigenvalue weighted by molar-refractivity contribution is -0.121. The number of likely N-dealkylation sites (tertiary alicyclic amines) is 1. The van der Waals surface area contributed by atoms with Crippen molar-refractivity contribution < 1.29 is 14.0 Å². The molecule has 0 radical (unpaired) electrons. The normalized spacial score (nSPS) is 15.8. The molecule has 0 unspecified atom stereocenters. The fourth-order valence-corrected chi connectivity index (χ4v) is 2.53. The number of carbonyl (C=O) groups excluding carboxylic acids is 2. The smallest absolute Gasteiger partial charge is 0.256 e. The number of carbonyl (C=O) groups is 2. The van der Waals surface area contributed by atoms with Crippen LogP contribution in [0.4, 0.5) is 4.39 Å². The van der Waals surface area contributed by atoms with Crippen molar-refractivity contribution in [2.75, 3.05) is 19.6 Å². The minimum atomic E-state index is -0.472. The lowest BCUT2D eigenvalue weighted by Gasteiger charge is -2.32. The first kappa shape index (κ1) is 15.5. The Balaban J connectivity index is 1.85. The molecule has 5 heteroatoms. The second-order valence-corrected chi connectivity index (χ2v) is 5.37. The van der Waals surface area contributed by atoms with Crippen LogP contribution < -0.4 is 5.32 Å². The van der Waals surface area contributed by atoms with E-state index in [9.17, 15) is 14.0 Å². The molecule has 2 rings (SSSR count). The highest BCUT2D eigenvalue weighted by Crippen LogP contribution is 2.19. The zero-order valence-corrected chi connectivity index (χ0v) is 12.3. The van der Waals surface area contributed by atoms with E-state index < -0.39 is 5.82 Å². The van der Waals surface area contributed by atoms with Gasteiger partial charge in [0, 0.05) is 26.1 Å². The molecule has 114 valence electrons. The van der Waals surface area contributed by atoms with Crippen molar-refractivity contribution in [3.05, 3.63) is 35.6 Å². The Kier molecular flexibility index (Phi) is 5.31. The Morgan fingerprint density at radius 3 is 2.57 bits per heavy atom. The fraction of sp³-hybridized carbons (Fsp3) is 0.500. The van der Waals surface area contributed by atoms with Crippen molar-refractivity contribution in [1.29, 1.82) is 0 Å². The van der Waals surface area contributed by atoms with Gasteiger partial charge < -0.3 is 10.2 Å². The summed E-state index contributed by atoms with van der Waals surface area (Å²) in [4.78, 5) is 25.2. The molecule has 0 aromatic heterocycles. The van der Waals surface area contributed by atoms with E-state index in [0.29, 0.717) is 32.0 Å². The van der Waals surface area contributed by atoms with Crippen molar-refractivity contribution in [2.24, 2.45) is 5.92 Å². The van der Waals surface area contributed by atoms with Crippen molar-refractivity contribution in [1.82, 2.24) is 10.2 Å². The van der Waals surface area contributed by atoms with Gasteiger partial charge in [-0.2, -0.15) is 0 Å². The molecule has 21 heavy (non-hydrogen) atoms. The largest absolute Gasteiger partial charge is 0.356 e. The molecule has 1 N–H and O–H groups in total. The molecule has 4 nitrogen and oxygen atoms in total. The van der Waals surface area contributed by atoms with Gasteiger partial charge in [-0.05, 0) is 30.9 Å². The number of halogens is 1. The van der Waals surface area contributed by atoms with Gasteiger partial charge in [0.05, 0.1) is 5.56 Å². The molecule has 0 aliphatic carbocycles. The van der Waals surface area contributed by atoms with Crippen LogP contribution in [-0.2, 0) is 4.79 Å². The fourth-order valence-electron chi connectivity index (χ4n) is 2.53. The van der Waals surface area contributed by atoms with Crippen molar-refractivity contribution >= 4 is 11.8 Å². The predicted octanol–water partition coefficient (Wildman–Crippen LogP) is 2.20. The number of nitrogens with zero attached hydrogens (tertiary/aromatic N) is 1. The Hall–Kier alpha value is -1.91. The number of benzene rings is 1. The van der Waals surface area contributed by atoms with Gasteiger partial charge >= 0.3 is 0 Å². The maximum atomic E-state index is 13.6. The van der Waals surface area contributed by atoms with Gasteiger partial charge in [0.15, 0.2) is 0 Å². The van der Waals surface area contributed by atoms with Crippen molar-refractivity contribution in [3.63, 3.8) is 0 Å². The minimum Gasteiger partial charge on any atom is -0.356 e. The predicted molar refractivity (Wildman–Crippen MR) is 78.3 cm³/mol. The third kappa shape index (κ3) is 4.03. The first-order valence-corrected chi connectivity index (χ1v) is 7.42. The molecule has 1 heterocycles. The third-order valence-corrected chi connectivity index (χ3v) is 3.92. The van der Waals surface area contributed by atoms with Gasteiger partial charge in [0.25, 0.3) is 5.91 Å². The summed E-state index contributed by atoms with van der Waals surface area (Å²) < 4.78 is 13.6. The van der Waals surface area contributed by atoms with Crippen LogP contribution in [0.15, 0.2) is 24.3 Å². The van der Waals surface area contributed by atoms with Gasteiger partial charge in [-0.1, -0.05) is 19.1 Å². The SMILES string of the molecule is CCC(=O)NCC1CCN(C(=O)c2ccccc2F)CC1. The van der Waals surface area contributed by atoms with E-state index in [1.165, 1.54) is 12.1 Å². The van der Waals surface area contributed by atoms with Crippen LogP contribution in [0.1, 0.15) is 36.5 Å². The molecule has 1 aromatic rings. The van der Waals surface area contributed by atoms with Crippen LogP contribution in [-0.4, -0.2) is 36.3 Å². The maximum absolute atomic E-state index is 13.6. The molecule has 0 saturated carbocycles. The summed E-state index contributed by atoms with van der Waals surface area (Å²) in [6, 6.07) is 6.07. The van der Waals surface area contributed by atoms with Crippen LogP contribution in [0.5, 0.6) is 0 Å². The monoisotopic (exact) mass is 292 g/mol. The average molecular weight is 292 g/mol. The zero-order chi connectivity index (χ0) is 15.2. The van der Waals surface area contributed by atoms with Gasteiger partial charge in [0.1, 0.15) is 5.82 Å². The Bertz CT molecular complexity index is 511. The molecule has 1 aromatic carbocycles. The van der Waals surface area contributed by atoms with E-state index in [1.54, 1.807) is 17.0 Å². The number of rotatable bonds is 4.